The monoisotopic (exact) mass is 310 g/mol. The molecule has 2 heterocycles. The van der Waals surface area contributed by atoms with Crippen LogP contribution in [-0.4, -0.2) is 40.1 Å². The van der Waals surface area contributed by atoms with Crippen molar-refractivity contribution in [2.75, 3.05) is 30.8 Å². The lowest BCUT2D eigenvalue weighted by Gasteiger charge is -2.29. The van der Waals surface area contributed by atoms with Gasteiger partial charge in [0.2, 0.25) is 0 Å². The molecule has 0 spiro atoms. The fraction of sp³-hybridized carbons (Fsp3) is 0.385. The maximum Gasteiger partial charge on any atom is 0.260 e. The average Bonchev–Trinajstić information content (AvgIpc) is 2.88. The Morgan fingerprint density at radius 2 is 2.35 bits per heavy atom. The van der Waals surface area contributed by atoms with Crippen molar-refractivity contribution in [3.8, 4) is 11.5 Å². The van der Waals surface area contributed by atoms with Crippen LogP contribution in [0.3, 0.4) is 0 Å². The van der Waals surface area contributed by atoms with Crippen molar-refractivity contribution < 1.29 is 4.52 Å². The molecular weight excluding hydrogens is 296 g/mol. The van der Waals surface area contributed by atoms with E-state index in [1.165, 1.54) is 0 Å². The Hall–Kier alpha value is -1.24. The van der Waals surface area contributed by atoms with Crippen LogP contribution < -0.4 is 5.73 Å². The number of thioether (sulfide) groups is 1. The third-order valence-electron chi connectivity index (χ3n) is 3.38. The highest BCUT2D eigenvalue weighted by molar-refractivity contribution is 7.99. The third kappa shape index (κ3) is 2.63. The molecule has 1 fully saturated rings. The van der Waals surface area contributed by atoms with Gasteiger partial charge in [-0.3, -0.25) is 4.90 Å². The molecule has 2 N–H and O–H groups in total. The van der Waals surface area contributed by atoms with E-state index in [0.717, 1.165) is 23.6 Å². The number of rotatable bonds is 2. The molecule has 20 heavy (non-hydrogen) atoms. The molecule has 7 heteroatoms. The molecule has 1 aromatic heterocycles. The molecule has 0 bridgehead atoms. The van der Waals surface area contributed by atoms with Gasteiger partial charge in [0.1, 0.15) is 0 Å². The summed E-state index contributed by atoms with van der Waals surface area (Å²) in [4.78, 5) is 6.74. The SMILES string of the molecule is CN1CCSCC1c1noc(-c2ccc(Cl)cc2N)n1. The van der Waals surface area contributed by atoms with Gasteiger partial charge >= 0.3 is 0 Å². The highest BCUT2D eigenvalue weighted by Gasteiger charge is 2.26. The smallest absolute Gasteiger partial charge is 0.260 e. The van der Waals surface area contributed by atoms with E-state index in [0.29, 0.717) is 22.4 Å². The molecule has 1 saturated heterocycles. The number of anilines is 1. The number of benzene rings is 1. The second kappa shape index (κ2) is 5.63. The summed E-state index contributed by atoms with van der Waals surface area (Å²) in [5.41, 5.74) is 7.20. The van der Waals surface area contributed by atoms with E-state index in [-0.39, 0.29) is 6.04 Å². The highest BCUT2D eigenvalue weighted by Crippen LogP contribution is 2.30. The average molecular weight is 311 g/mol. The van der Waals surface area contributed by atoms with Gasteiger partial charge < -0.3 is 10.3 Å². The summed E-state index contributed by atoms with van der Waals surface area (Å²) in [5, 5.41) is 4.69. The Morgan fingerprint density at radius 3 is 3.10 bits per heavy atom. The van der Waals surface area contributed by atoms with E-state index in [1.54, 1.807) is 18.2 Å². The van der Waals surface area contributed by atoms with Gasteiger partial charge in [-0.1, -0.05) is 16.8 Å². The van der Waals surface area contributed by atoms with E-state index in [1.807, 2.05) is 11.8 Å². The van der Waals surface area contributed by atoms with Gasteiger partial charge in [-0.05, 0) is 25.2 Å². The van der Waals surface area contributed by atoms with E-state index in [2.05, 4.69) is 22.1 Å². The molecular formula is C13H15ClN4OS. The van der Waals surface area contributed by atoms with Crippen LogP contribution in [0, 0.1) is 0 Å². The number of nitrogens with two attached hydrogens (primary N) is 1. The van der Waals surface area contributed by atoms with Crippen molar-refractivity contribution >= 4 is 29.1 Å². The molecule has 1 atom stereocenters. The van der Waals surface area contributed by atoms with Crippen LogP contribution in [0.25, 0.3) is 11.5 Å². The summed E-state index contributed by atoms with van der Waals surface area (Å²) in [6, 6.07) is 5.44. The molecule has 3 rings (SSSR count). The van der Waals surface area contributed by atoms with Crippen LogP contribution in [0.4, 0.5) is 5.69 Å². The summed E-state index contributed by atoms with van der Waals surface area (Å²) < 4.78 is 5.35. The van der Waals surface area contributed by atoms with Gasteiger partial charge in [0.25, 0.3) is 5.89 Å². The second-order valence-corrected chi connectivity index (χ2v) is 6.35. The normalized spacial score (nSPS) is 20.2. The standard InChI is InChI=1S/C13H15ClN4OS/c1-18-4-5-20-7-11(18)12-16-13(19-17-12)9-3-2-8(14)6-10(9)15/h2-3,6,11H,4-5,7,15H2,1H3. The molecule has 1 aromatic carbocycles. The van der Waals surface area contributed by atoms with E-state index >= 15 is 0 Å². The van der Waals surface area contributed by atoms with Crippen LogP contribution in [0.15, 0.2) is 22.7 Å². The number of aromatic nitrogens is 2. The van der Waals surface area contributed by atoms with Crippen LogP contribution >= 0.6 is 23.4 Å². The summed E-state index contributed by atoms with van der Waals surface area (Å²) in [6.07, 6.45) is 0. The van der Waals surface area contributed by atoms with Gasteiger partial charge in [0.05, 0.1) is 11.6 Å². The van der Waals surface area contributed by atoms with Crippen molar-refractivity contribution in [1.29, 1.82) is 0 Å². The summed E-state index contributed by atoms with van der Waals surface area (Å²) in [6.45, 7) is 1.03. The van der Waals surface area contributed by atoms with Crippen LogP contribution in [-0.2, 0) is 0 Å². The van der Waals surface area contributed by atoms with E-state index in [9.17, 15) is 0 Å². The lowest BCUT2D eigenvalue weighted by atomic mass is 10.2. The molecule has 0 aliphatic carbocycles. The van der Waals surface area contributed by atoms with Crippen molar-refractivity contribution in [2.24, 2.45) is 0 Å². The molecule has 106 valence electrons. The fourth-order valence-electron chi connectivity index (χ4n) is 2.17. The Labute approximate surface area is 126 Å². The maximum absolute atomic E-state index is 5.94. The minimum atomic E-state index is 0.194. The quantitative estimate of drug-likeness (QED) is 0.860. The zero-order valence-corrected chi connectivity index (χ0v) is 12.6. The minimum absolute atomic E-state index is 0.194. The van der Waals surface area contributed by atoms with Gasteiger partial charge in [-0.15, -0.1) is 0 Å². The first kappa shape index (κ1) is 13.7. The Morgan fingerprint density at radius 1 is 1.50 bits per heavy atom. The first-order valence-corrected chi connectivity index (χ1v) is 7.85. The van der Waals surface area contributed by atoms with Gasteiger partial charge in [-0.25, -0.2) is 0 Å². The lowest BCUT2D eigenvalue weighted by molar-refractivity contribution is 0.257. The summed E-state index contributed by atoms with van der Waals surface area (Å²) in [7, 11) is 2.08. The fourth-order valence-corrected chi connectivity index (χ4v) is 3.56. The third-order valence-corrected chi connectivity index (χ3v) is 4.64. The van der Waals surface area contributed by atoms with Crippen LogP contribution in [0.2, 0.25) is 5.02 Å². The number of hydrogen-bond acceptors (Lipinski definition) is 6. The molecule has 1 unspecified atom stereocenters. The highest BCUT2D eigenvalue weighted by atomic mass is 35.5. The number of halogens is 1. The molecule has 1 aliphatic heterocycles. The van der Waals surface area contributed by atoms with E-state index in [4.69, 9.17) is 21.9 Å². The lowest BCUT2D eigenvalue weighted by Crippen LogP contribution is -2.33. The molecule has 1 aliphatic rings. The molecule has 2 aromatic rings. The number of hydrogen-bond donors (Lipinski definition) is 1. The number of nitrogens with zero attached hydrogens (tertiary/aromatic N) is 3. The Balaban J connectivity index is 1.89. The zero-order chi connectivity index (χ0) is 14.1. The van der Waals surface area contributed by atoms with Crippen LogP contribution in [0.1, 0.15) is 11.9 Å². The second-order valence-electron chi connectivity index (χ2n) is 4.76. The molecule has 0 amide bonds. The molecule has 0 saturated carbocycles. The van der Waals surface area contributed by atoms with Gasteiger partial charge in [0.15, 0.2) is 5.82 Å². The van der Waals surface area contributed by atoms with Gasteiger partial charge in [0, 0.05) is 28.8 Å². The van der Waals surface area contributed by atoms with Crippen molar-refractivity contribution in [3.63, 3.8) is 0 Å². The Bertz CT molecular complexity index is 618. The topological polar surface area (TPSA) is 68.2 Å². The number of nitrogen functional groups attached to an aromatic ring is 1. The first-order chi connectivity index (χ1) is 9.65. The largest absolute Gasteiger partial charge is 0.398 e. The van der Waals surface area contributed by atoms with Crippen molar-refractivity contribution in [2.45, 2.75) is 6.04 Å². The molecule has 0 radical (unpaired) electrons. The maximum atomic E-state index is 5.94. The van der Waals surface area contributed by atoms with E-state index < -0.39 is 0 Å². The van der Waals surface area contributed by atoms with Crippen LogP contribution in [0.5, 0.6) is 0 Å². The van der Waals surface area contributed by atoms with Gasteiger partial charge in [-0.2, -0.15) is 16.7 Å². The van der Waals surface area contributed by atoms with Crippen molar-refractivity contribution in [3.05, 3.63) is 29.0 Å². The zero-order valence-electron chi connectivity index (χ0n) is 11.0. The first-order valence-electron chi connectivity index (χ1n) is 6.32. The van der Waals surface area contributed by atoms with Crippen molar-refractivity contribution in [1.82, 2.24) is 15.0 Å². The Kier molecular flexibility index (Phi) is 3.87. The minimum Gasteiger partial charge on any atom is -0.398 e. The summed E-state index contributed by atoms with van der Waals surface area (Å²) in [5.74, 6) is 3.27. The molecule has 5 nitrogen and oxygen atoms in total. The predicted molar refractivity (Wildman–Crippen MR) is 81.9 cm³/mol. The summed E-state index contributed by atoms with van der Waals surface area (Å²) >= 11 is 7.80. The predicted octanol–water partition coefficient (Wildman–Crippen LogP) is 2.69.